The SMILES string of the molecule is C=C1C[C@]2(C)[C@H]3CC[C@@H]4C5C6OC[C@@]5(CCC6(C)C)CC[C@@]4(C)[C@]3(C)CC[C@H]2C(C)(C)C1=O. The Labute approximate surface area is 202 Å². The fourth-order valence-corrected chi connectivity index (χ4v) is 11.9. The summed E-state index contributed by atoms with van der Waals surface area (Å²) in [6, 6.07) is 0. The van der Waals surface area contributed by atoms with Crippen LogP contribution < -0.4 is 0 Å². The van der Waals surface area contributed by atoms with Crippen LogP contribution in [0.1, 0.15) is 106 Å². The summed E-state index contributed by atoms with van der Waals surface area (Å²) in [6.07, 6.45) is 12.0. The van der Waals surface area contributed by atoms with Gasteiger partial charge in [0.25, 0.3) is 0 Å². The third kappa shape index (κ3) is 2.48. The van der Waals surface area contributed by atoms with Gasteiger partial charge < -0.3 is 4.74 Å². The van der Waals surface area contributed by atoms with Gasteiger partial charge in [-0.05, 0) is 114 Å². The highest BCUT2D eigenvalue weighted by Gasteiger charge is 2.73. The van der Waals surface area contributed by atoms with E-state index in [2.05, 4.69) is 55.0 Å². The fraction of sp³-hybridized carbons (Fsp3) is 0.903. The standard InChI is InChI=1S/C31H48O2/c1-19-17-28(6)21(27(4,5)24(19)32)11-12-30(8)22(28)10-9-20-23-25-26(2,3)13-15-31(23,18-33-25)16-14-29(20,30)7/h20-23,25H,1,9-18H2,2-8H3/t20-,21+,22-,23?,25?,28+,29-,30-,31-/m1/s1. The molecule has 0 amide bonds. The molecule has 5 aliphatic carbocycles. The van der Waals surface area contributed by atoms with E-state index < -0.39 is 0 Å². The Morgan fingerprint density at radius 1 is 0.818 bits per heavy atom. The van der Waals surface area contributed by atoms with Crippen LogP contribution in [0.15, 0.2) is 12.2 Å². The van der Waals surface area contributed by atoms with Crippen LogP contribution in [0.25, 0.3) is 0 Å². The van der Waals surface area contributed by atoms with Crippen molar-refractivity contribution < 1.29 is 9.53 Å². The van der Waals surface area contributed by atoms with E-state index in [0.29, 0.717) is 45.4 Å². The molecule has 5 saturated carbocycles. The number of rotatable bonds is 0. The van der Waals surface area contributed by atoms with Gasteiger partial charge in [-0.15, -0.1) is 0 Å². The largest absolute Gasteiger partial charge is 0.377 e. The van der Waals surface area contributed by atoms with E-state index in [1.54, 1.807) is 0 Å². The maximum atomic E-state index is 13.2. The molecule has 0 aromatic rings. The first-order valence-electron chi connectivity index (χ1n) is 14.1. The van der Waals surface area contributed by atoms with E-state index in [0.717, 1.165) is 30.4 Å². The van der Waals surface area contributed by atoms with Crippen LogP contribution in [0, 0.1) is 56.2 Å². The second-order valence-corrected chi connectivity index (χ2v) is 15.6. The quantitative estimate of drug-likeness (QED) is 0.353. The van der Waals surface area contributed by atoms with Crippen molar-refractivity contribution in [3.8, 4) is 0 Å². The number of hydrogen-bond acceptors (Lipinski definition) is 2. The number of hydrogen-bond donors (Lipinski definition) is 0. The number of carbonyl (C=O) groups is 1. The highest BCUT2D eigenvalue weighted by atomic mass is 16.5. The van der Waals surface area contributed by atoms with Gasteiger partial charge in [-0.2, -0.15) is 0 Å². The van der Waals surface area contributed by atoms with E-state index in [1.165, 1.54) is 51.4 Å². The van der Waals surface area contributed by atoms with Crippen molar-refractivity contribution in [2.24, 2.45) is 56.2 Å². The molecule has 1 heterocycles. The predicted molar refractivity (Wildman–Crippen MR) is 134 cm³/mol. The van der Waals surface area contributed by atoms with Crippen LogP contribution in [0.5, 0.6) is 0 Å². The highest BCUT2D eigenvalue weighted by molar-refractivity contribution is 6.00. The minimum Gasteiger partial charge on any atom is -0.377 e. The van der Waals surface area contributed by atoms with E-state index in [1.807, 2.05) is 0 Å². The molecule has 0 spiro atoms. The number of fused-ring (bicyclic) bond motifs is 5. The summed E-state index contributed by atoms with van der Waals surface area (Å²) in [4.78, 5) is 13.2. The number of ketones is 1. The highest BCUT2D eigenvalue weighted by Crippen LogP contribution is 2.78. The second kappa shape index (κ2) is 6.37. The van der Waals surface area contributed by atoms with E-state index >= 15 is 0 Å². The van der Waals surface area contributed by atoms with Gasteiger partial charge in [0.1, 0.15) is 0 Å². The van der Waals surface area contributed by atoms with Crippen LogP contribution in [0.4, 0.5) is 0 Å². The van der Waals surface area contributed by atoms with Crippen molar-refractivity contribution in [3.05, 3.63) is 12.2 Å². The average molecular weight is 453 g/mol. The molecule has 0 aromatic carbocycles. The van der Waals surface area contributed by atoms with Gasteiger partial charge in [0.15, 0.2) is 5.78 Å². The number of Topliss-reactive ketones (excluding diaryl/α,β-unsaturated/α-hetero) is 1. The monoisotopic (exact) mass is 452 g/mol. The molecule has 0 N–H and O–H groups in total. The van der Waals surface area contributed by atoms with E-state index in [9.17, 15) is 4.79 Å². The topological polar surface area (TPSA) is 26.3 Å². The smallest absolute Gasteiger partial charge is 0.164 e. The van der Waals surface area contributed by atoms with Crippen molar-refractivity contribution >= 4 is 5.78 Å². The van der Waals surface area contributed by atoms with Crippen molar-refractivity contribution in [2.45, 2.75) is 112 Å². The summed E-state index contributed by atoms with van der Waals surface area (Å²) in [5.41, 5.74) is 2.34. The molecule has 6 aliphatic rings. The molecular weight excluding hydrogens is 404 g/mol. The molecule has 0 radical (unpaired) electrons. The minimum atomic E-state index is -0.264. The van der Waals surface area contributed by atoms with Crippen molar-refractivity contribution in [3.63, 3.8) is 0 Å². The maximum absolute atomic E-state index is 13.2. The zero-order chi connectivity index (χ0) is 23.8. The Bertz CT molecular complexity index is 914. The maximum Gasteiger partial charge on any atom is 0.164 e. The Morgan fingerprint density at radius 2 is 1.52 bits per heavy atom. The molecule has 184 valence electrons. The summed E-state index contributed by atoms with van der Waals surface area (Å²) in [5, 5.41) is 0. The molecule has 6 fully saturated rings. The van der Waals surface area contributed by atoms with Gasteiger partial charge in [0.2, 0.25) is 0 Å². The predicted octanol–water partition coefficient (Wildman–Crippen LogP) is 7.61. The average Bonchev–Trinajstić information content (AvgIpc) is 3.06. The van der Waals surface area contributed by atoms with Crippen LogP contribution in [-0.2, 0) is 9.53 Å². The second-order valence-electron chi connectivity index (χ2n) is 15.6. The van der Waals surface area contributed by atoms with Crippen LogP contribution >= 0.6 is 0 Å². The Balaban J connectivity index is 1.41. The zero-order valence-corrected chi connectivity index (χ0v) is 22.5. The molecule has 0 aromatic heterocycles. The number of allylic oxidation sites excluding steroid dienone is 1. The molecule has 1 saturated heterocycles. The summed E-state index contributed by atoms with van der Waals surface area (Å²) < 4.78 is 6.70. The van der Waals surface area contributed by atoms with Crippen LogP contribution in [-0.4, -0.2) is 18.5 Å². The molecule has 6 rings (SSSR count). The van der Waals surface area contributed by atoms with E-state index in [-0.39, 0.29) is 10.8 Å². The van der Waals surface area contributed by atoms with Crippen LogP contribution in [0.2, 0.25) is 0 Å². The fourth-order valence-electron chi connectivity index (χ4n) is 11.9. The minimum absolute atomic E-state index is 0.200. The molecule has 2 nitrogen and oxygen atoms in total. The molecular formula is C31H48O2. The Kier molecular flexibility index (Phi) is 4.41. The molecule has 2 heteroatoms. The first-order chi connectivity index (χ1) is 15.2. The van der Waals surface area contributed by atoms with Crippen molar-refractivity contribution in [1.29, 1.82) is 0 Å². The normalized spacial score (nSPS) is 56.4. The van der Waals surface area contributed by atoms with E-state index in [4.69, 9.17) is 4.74 Å². The van der Waals surface area contributed by atoms with Crippen molar-refractivity contribution in [2.75, 3.05) is 6.61 Å². The summed E-state index contributed by atoms with van der Waals surface area (Å²) in [7, 11) is 0. The third-order valence-corrected chi connectivity index (χ3v) is 13.8. The van der Waals surface area contributed by atoms with Gasteiger partial charge in [0, 0.05) is 5.41 Å². The van der Waals surface area contributed by atoms with Gasteiger partial charge in [-0.1, -0.05) is 55.0 Å². The first-order valence-corrected chi connectivity index (χ1v) is 14.1. The summed E-state index contributed by atoms with van der Waals surface area (Å²) in [5.74, 6) is 3.07. The number of ether oxygens (including phenoxy) is 1. The lowest BCUT2D eigenvalue weighted by Gasteiger charge is -2.73. The summed E-state index contributed by atoms with van der Waals surface area (Å²) in [6.45, 7) is 22.7. The number of carbonyl (C=O) groups excluding carboxylic acids is 1. The molecule has 2 unspecified atom stereocenters. The van der Waals surface area contributed by atoms with Gasteiger partial charge >= 0.3 is 0 Å². The zero-order valence-electron chi connectivity index (χ0n) is 22.5. The Morgan fingerprint density at radius 3 is 2.24 bits per heavy atom. The Hall–Kier alpha value is -0.630. The van der Waals surface area contributed by atoms with Gasteiger partial charge in [0.05, 0.1) is 12.7 Å². The summed E-state index contributed by atoms with van der Waals surface area (Å²) >= 11 is 0. The third-order valence-electron chi connectivity index (χ3n) is 13.8. The lowest BCUT2D eigenvalue weighted by atomic mass is 9.31. The van der Waals surface area contributed by atoms with Gasteiger partial charge in [-0.25, -0.2) is 0 Å². The molecule has 2 bridgehead atoms. The van der Waals surface area contributed by atoms with Crippen molar-refractivity contribution in [1.82, 2.24) is 0 Å². The van der Waals surface area contributed by atoms with Crippen LogP contribution in [0.3, 0.4) is 0 Å². The lowest BCUT2D eigenvalue weighted by molar-refractivity contribution is -0.236. The molecule has 1 aliphatic heterocycles. The van der Waals surface area contributed by atoms with Gasteiger partial charge in [-0.3, -0.25) is 4.79 Å². The molecule has 33 heavy (non-hydrogen) atoms. The lowest BCUT2D eigenvalue weighted by Crippen LogP contribution is -2.67. The molecule has 9 atom stereocenters. The first kappa shape index (κ1) is 22.8.